The molecule has 3 rings (SSSR count). The molecule has 114 valence electrons. The third-order valence-corrected chi connectivity index (χ3v) is 3.95. The largest absolute Gasteiger partial charge is 0.380 e. The van der Waals surface area contributed by atoms with E-state index in [4.69, 9.17) is 23.7 Å². The second kappa shape index (κ2) is 4.25. The number of fused-ring (bicyclic) bond motifs is 1. The summed E-state index contributed by atoms with van der Waals surface area (Å²) >= 11 is 0. The molecule has 0 bridgehead atoms. The van der Waals surface area contributed by atoms with Gasteiger partial charge in [-0.25, -0.2) is 0 Å². The van der Waals surface area contributed by atoms with E-state index in [1.807, 2.05) is 13.8 Å². The van der Waals surface area contributed by atoms with Crippen LogP contribution >= 0.6 is 0 Å². The van der Waals surface area contributed by atoms with Gasteiger partial charge in [0.1, 0.15) is 23.9 Å². The van der Waals surface area contributed by atoms with E-state index in [-0.39, 0.29) is 0 Å². The monoisotopic (exact) mass is 286 g/mol. The van der Waals surface area contributed by atoms with Crippen LogP contribution in [0, 0.1) is 0 Å². The van der Waals surface area contributed by atoms with E-state index in [1.165, 1.54) is 6.08 Å². The molecule has 0 saturated carbocycles. The van der Waals surface area contributed by atoms with Crippen molar-refractivity contribution in [1.82, 2.24) is 0 Å². The van der Waals surface area contributed by atoms with E-state index in [2.05, 4.69) is 6.58 Å². The first-order valence-corrected chi connectivity index (χ1v) is 6.86. The summed E-state index contributed by atoms with van der Waals surface area (Å²) in [6.07, 6.45) is -0.832. The quantitative estimate of drug-likeness (QED) is 0.762. The lowest BCUT2D eigenvalue weighted by Gasteiger charge is -2.33. The summed E-state index contributed by atoms with van der Waals surface area (Å²) in [6.45, 7) is 11.3. The van der Waals surface area contributed by atoms with Crippen LogP contribution in [0.1, 0.15) is 27.7 Å². The van der Waals surface area contributed by atoms with Gasteiger partial charge in [-0.1, -0.05) is 6.08 Å². The average Bonchev–Trinajstić information content (AvgIpc) is 2.91. The molecule has 5 atom stereocenters. The summed E-state index contributed by atoms with van der Waals surface area (Å²) < 4.78 is 28.6. The molecule has 3 fully saturated rings. The van der Waals surface area contributed by atoms with Crippen molar-refractivity contribution >= 4 is 0 Å². The van der Waals surface area contributed by atoms with Gasteiger partial charge in [-0.3, -0.25) is 0 Å². The predicted octanol–water partition coefficient (Wildman–Crippen LogP) is 0.931. The molecule has 0 aromatic heterocycles. The van der Waals surface area contributed by atoms with Crippen molar-refractivity contribution in [3.05, 3.63) is 12.7 Å². The molecule has 20 heavy (non-hydrogen) atoms. The lowest BCUT2D eigenvalue weighted by atomic mass is 9.89. The first-order chi connectivity index (χ1) is 9.17. The molecule has 0 amide bonds. The summed E-state index contributed by atoms with van der Waals surface area (Å²) in [5, 5.41) is 10.9. The van der Waals surface area contributed by atoms with Crippen LogP contribution < -0.4 is 0 Å². The van der Waals surface area contributed by atoms with Crippen molar-refractivity contribution in [2.45, 2.75) is 69.5 Å². The van der Waals surface area contributed by atoms with E-state index in [1.54, 1.807) is 13.8 Å². The highest BCUT2D eigenvalue weighted by atomic mass is 16.8. The van der Waals surface area contributed by atoms with Crippen molar-refractivity contribution in [2.75, 3.05) is 6.61 Å². The summed E-state index contributed by atoms with van der Waals surface area (Å²) in [5.41, 5.74) is -1.37. The van der Waals surface area contributed by atoms with Gasteiger partial charge in [0.25, 0.3) is 0 Å². The Hall–Kier alpha value is -0.500. The second-order valence-corrected chi connectivity index (χ2v) is 6.44. The standard InChI is InChI=1S/C14H22O6/c1-6-14(15)9(8-7-16-12(2,3)18-8)17-11-10(14)19-13(4,5)20-11/h6,8-11,15H,1,7H2,2-5H3. The summed E-state index contributed by atoms with van der Waals surface area (Å²) in [4.78, 5) is 0. The highest BCUT2D eigenvalue weighted by Gasteiger charge is 2.64. The molecule has 6 heteroatoms. The van der Waals surface area contributed by atoms with Crippen molar-refractivity contribution < 1.29 is 28.8 Å². The lowest BCUT2D eigenvalue weighted by Crippen LogP contribution is -2.52. The van der Waals surface area contributed by atoms with E-state index in [0.717, 1.165) is 0 Å². The minimum Gasteiger partial charge on any atom is -0.380 e. The van der Waals surface area contributed by atoms with E-state index in [9.17, 15) is 5.11 Å². The van der Waals surface area contributed by atoms with Crippen LogP contribution in [0.2, 0.25) is 0 Å². The number of hydrogen-bond donors (Lipinski definition) is 1. The van der Waals surface area contributed by atoms with Gasteiger partial charge in [0.05, 0.1) is 6.61 Å². The molecule has 0 radical (unpaired) electrons. The fraction of sp³-hybridized carbons (Fsp3) is 0.857. The molecule has 6 nitrogen and oxygen atoms in total. The van der Waals surface area contributed by atoms with Crippen LogP contribution in [0.3, 0.4) is 0 Å². The Balaban J connectivity index is 1.83. The summed E-state index contributed by atoms with van der Waals surface area (Å²) in [5.74, 6) is -1.47. The third kappa shape index (κ3) is 2.11. The number of ether oxygens (including phenoxy) is 5. The molecule has 5 unspecified atom stereocenters. The molecular formula is C14H22O6. The molecule has 3 heterocycles. The minimum absolute atomic E-state index is 0.344. The van der Waals surface area contributed by atoms with Gasteiger partial charge >= 0.3 is 0 Å². The molecule has 1 N–H and O–H groups in total. The number of hydrogen-bond acceptors (Lipinski definition) is 6. The Morgan fingerprint density at radius 3 is 2.30 bits per heavy atom. The highest BCUT2D eigenvalue weighted by molar-refractivity contribution is 5.16. The lowest BCUT2D eigenvalue weighted by molar-refractivity contribution is -0.241. The SMILES string of the molecule is C=CC1(O)C(C2COC(C)(C)O2)OC2OC(C)(C)OC21. The Kier molecular flexibility index (Phi) is 3.07. The summed E-state index contributed by atoms with van der Waals surface area (Å²) in [7, 11) is 0. The number of aliphatic hydroxyl groups is 1. The second-order valence-electron chi connectivity index (χ2n) is 6.44. The zero-order valence-electron chi connectivity index (χ0n) is 12.3. The van der Waals surface area contributed by atoms with Gasteiger partial charge in [0.2, 0.25) is 0 Å². The Labute approximate surface area is 118 Å². The maximum absolute atomic E-state index is 10.9. The fourth-order valence-corrected chi connectivity index (χ4v) is 3.04. The highest BCUT2D eigenvalue weighted by Crippen LogP contribution is 2.46. The van der Waals surface area contributed by atoms with Crippen molar-refractivity contribution in [3.8, 4) is 0 Å². The van der Waals surface area contributed by atoms with E-state index >= 15 is 0 Å². The van der Waals surface area contributed by atoms with E-state index in [0.29, 0.717) is 6.61 Å². The molecule has 0 aromatic rings. The topological polar surface area (TPSA) is 66.4 Å². The van der Waals surface area contributed by atoms with Crippen LogP contribution in [0.4, 0.5) is 0 Å². The molecule has 3 saturated heterocycles. The smallest absolute Gasteiger partial charge is 0.191 e. The Bertz CT molecular complexity index is 420. The zero-order chi connectivity index (χ0) is 14.8. The van der Waals surface area contributed by atoms with E-state index < -0.39 is 41.8 Å². The van der Waals surface area contributed by atoms with Crippen LogP contribution in [0.25, 0.3) is 0 Å². The van der Waals surface area contributed by atoms with Gasteiger partial charge in [0, 0.05) is 0 Å². The van der Waals surface area contributed by atoms with Crippen molar-refractivity contribution in [1.29, 1.82) is 0 Å². The summed E-state index contributed by atoms with van der Waals surface area (Å²) in [6, 6.07) is 0. The van der Waals surface area contributed by atoms with Gasteiger partial charge in [-0.05, 0) is 27.7 Å². The molecule has 0 aliphatic carbocycles. The molecular weight excluding hydrogens is 264 g/mol. The van der Waals surface area contributed by atoms with Crippen LogP contribution in [-0.4, -0.2) is 53.5 Å². The van der Waals surface area contributed by atoms with Crippen LogP contribution in [0.5, 0.6) is 0 Å². The molecule has 0 spiro atoms. The van der Waals surface area contributed by atoms with Crippen LogP contribution in [-0.2, 0) is 23.7 Å². The molecule has 3 aliphatic rings. The maximum Gasteiger partial charge on any atom is 0.191 e. The molecule has 0 aromatic carbocycles. The maximum atomic E-state index is 10.9. The van der Waals surface area contributed by atoms with Crippen LogP contribution in [0.15, 0.2) is 12.7 Å². The van der Waals surface area contributed by atoms with Gasteiger partial charge in [-0.15, -0.1) is 6.58 Å². The molecule has 3 aliphatic heterocycles. The Morgan fingerprint density at radius 2 is 1.75 bits per heavy atom. The predicted molar refractivity (Wildman–Crippen MR) is 68.7 cm³/mol. The first-order valence-electron chi connectivity index (χ1n) is 6.86. The average molecular weight is 286 g/mol. The first kappa shape index (κ1) is 14.4. The van der Waals surface area contributed by atoms with Gasteiger partial charge < -0.3 is 28.8 Å². The van der Waals surface area contributed by atoms with Gasteiger partial charge in [0.15, 0.2) is 17.9 Å². The van der Waals surface area contributed by atoms with Crippen molar-refractivity contribution in [3.63, 3.8) is 0 Å². The zero-order valence-corrected chi connectivity index (χ0v) is 12.3. The minimum atomic E-state index is -1.37. The Morgan fingerprint density at radius 1 is 1.05 bits per heavy atom. The number of rotatable bonds is 2. The fourth-order valence-electron chi connectivity index (χ4n) is 3.04. The van der Waals surface area contributed by atoms with Gasteiger partial charge in [-0.2, -0.15) is 0 Å². The van der Waals surface area contributed by atoms with Crippen molar-refractivity contribution in [2.24, 2.45) is 0 Å². The normalized spacial score (nSPS) is 49.2. The third-order valence-electron chi connectivity index (χ3n) is 3.95.